The van der Waals surface area contributed by atoms with Crippen LogP contribution in [0.15, 0.2) is 47.8 Å². The van der Waals surface area contributed by atoms with Crippen LogP contribution < -0.4 is 9.64 Å². The Hall–Kier alpha value is -3.19. The van der Waals surface area contributed by atoms with E-state index in [4.69, 9.17) is 9.47 Å². The van der Waals surface area contributed by atoms with E-state index in [0.29, 0.717) is 27.8 Å². The van der Waals surface area contributed by atoms with Crippen molar-refractivity contribution < 1.29 is 19.1 Å². The van der Waals surface area contributed by atoms with Crippen molar-refractivity contribution in [2.24, 2.45) is 0 Å². The molecule has 0 N–H and O–H groups in total. The van der Waals surface area contributed by atoms with E-state index >= 15 is 0 Å². The molecule has 0 atom stereocenters. The van der Waals surface area contributed by atoms with Gasteiger partial charge in [-0.15, -0.1) is 11.3 Å². The van der Waals surface area contributed by atoms with Crippen molar-refractivity contribution in [2.45, 2.75) is 27.4 Å². The molecule has 0 fully saturated rings. The van der Waals surface area contributed by atoms with E-state index < -0.39 is 5.97 Å². The number of carbonyl (C=O) groups excluding carboxylic acids is 2. The summed E-state index contributed by atoms with van der Waals surface area (Å²) in [6.45, 7) is 5.43. The molecule has 0 saturated heterocycles. The van der Waals surface area contributed by atoms with Crippen LogP contribution in [0.3, 0.4) is 0 Å². The largest absolute Gasteiger partial charge is 0.495 e. The first-order valence-corrected chi connectivity index (χ1v) is 9.91. The summed E-state index contributed by atoms with van der Waals surface area (Å²) in [5.74, 6) is -0.0288. The number of thiazole rings is 1. The maximum Gasteiger partial charge on any atom is 0.338 e. The highest BCUT2D eigenvalue weighted by Gasteiger charge is 2.21. The number of ether oxygens (including phenoxy) is 2. The zero-order chi connectivity index (χ0) is 21.0. The van der Waals surface area contributed by atoms with Crippen LogP contribution in [0.5, 0.6) is 5.75 Å². The lowest BCUT2D eigenvalue weighted by Crippen LogP contribution is -2.23. The number of nitrogens with zero attached hydrogens (tertiary/aromatic N) is 2. The third-order valence-corrected chi connectivity index (χ3v) is 5.34. The molecule has 1 amide bonds. The fourth-order valence-corrected chi connectivity index (χ4v) is 3.64. The molecule has 0 unspecified atom stereocenters. The predicted molar refractivity (Wildman–Crippen MR) is 113 cm³/mol. The van der Waals surface area contributed by atoms with Crippen LogP contribution in [0.1, 0.15) is 34.1 Å². The maximum absolute atomic E-state index is 12.3. The number of amides is 1. The molecule has 3 aromatic rings. The lowest BCUT2D eigenvalue weighted by molar-refractivity contribution is -0.115. The normalized spacial score (nSPS) is 10.5. The molecule has 0 spiro atoms. The Labute approximate surface area is 173 Å². The number of carbonyl (C=O) groups is 2. The second kappa shape index (κ2) is 8.87. The molecule has 0 radical (unpaired) electrons. The van der Waals surface area contributed by atoms with Gasteiger partial charge >= 0.3 is 5.97 Å². The molecule has 0 aliphatic carbocycles. The summed E-state index contributed by atoms with van der Waals surface area (Å²) in [4.78, 5) is 30.5. The number of para-hydroxylation sites is 2. The minimum Gasteiger partial charge on any atom is -0.495 e. The monoisotopic (exact) mass is 410 g/mol. The number of hydrogen-bond donors (Lipinski definition) is 0. The molecule has 6 nitrogen and oxygen atoms in total. The van der Waals surface area contributed by atoms with Gasteiger partial charge in [0.15, 0.2) is 5.13 Å². The SMILES string of the molecule is COc1ccccc1N(C(C)=O)c1nc(COC(=O)c2ccc(C)c(C)c2)cs1. The first kappa shape index (κ1) is 20.5. The van der Waals surface area contributed by atoms with Crippen LogP contribution in [0.25, 0.3) is 0 Å². The number of esters is 1. The van der Waals surface area contributed by atoms with Crippen molar-refractivity contribution in [1.82, 2.24) is 4.98 Å². The summed E-state index contributed by atoms with van der Waals surface area (Å²) in [6, 6.07) is 12.7. The number of rotatable bonds is 6. The average molecular weight is 410 g/mol. The number of methoxy groups -OCH3 is 1. The van der Waals surface area contributed by atoms with Crippen LogP contribution in [0, 0.1) is 13.8 Å². The summed E-state index contributed by atoms with van der Waals surface area (Å²) in [7, 11) is 1.55. The topological polar surface area (TPSA) is 68.7 Å². The van der Waals surface area contributed by atoms with Crippen molar-refractivity contribution in [3.8, 4) is 5.75 Å². The standard InChI is InChI=1S/C22H22N2O4S/c1-14-9-10-17(11-15(14)2)21(26)28-12-18-13-29-22(23-18)24(16(3)25)19-7-5-6-8-20(19)27-4/h5-11,13H,12H2,1-4H3. The van der Waals surface area contributed by atoms with E-state index in [2.05, 4.69) is 4.98 Å². The highest BCUT2D eigenvalue weighted by Crippen LogP contribution is 2.35. The highest BCUT2D eigenvalue weighted by molar-refractivity contribution is 7.14. The number of hydrogen-bond acceptors (Lipinski definition) is 6. The second-order valence-corrected chi connectivity index (χ2v) is 7.36. The van der Waals surface area contributed by atoms with E-state index in [1.807, 2.05) is 38.1 Å². The fourth-order valence-electron chi connectivity index (χ4n) is 2.78. The van der Waals surface area contributed by atoms with Gasteiger partial charge in [0.1, 0.15) is 12.4 Å². The maximum atomic E-state index is 12.3. The first-order valence-electron chi connectivity index (χ1n) is 9.03. The van der Waals surface area contributed by atoms with Crippen molar-refractivity contribution >= 4 is 34.0 Å². The Morgan fingerprint density at radius 2 is 1.86 bits per heavy atom. The first-order chi connectivity index (χ1) is 13.9. The highest BCUT2D eigenvalue weighted by atomic mass is 32.1. The van der Waals surface area contributed by atoms with Crippen molar-refractivity contribution in [3.63, 3.8) is 0 Å². The van der Waals surface area contributed by atoms with Gasteiger partial charge in [0.05, 0.1) is 24.1 Å². The van der Waals surface area contributed by atoms with Gasteiger partial charge in [-0.3, -0.25) is 9.69 Å². The fraction of sp³-hybridized carbons (Fsp3) is 0.227. The smallest absolute Gasteiger partial charge is 0.338 e. The zero-order valence-electron chi connectivity index (χ0n) is 16.8. The third kappa shape index (κ3) is 4.63. The molecule has 1 aromatic heterocycles. The molecule has 1 heterocycles. The molecule has 0 aliphatic rings. The molecule has 3 rings (SSSR count). The number of anilines is 2. The number of benzene rings is 2. The molecular formula is C22H22N2O4S. The molecule has 0 bridgehead atoms. The molecule has 7 heteroatoms. The van der Waals surface area contributed by atoms with Crippen molar-refractivity contribution in [2.75, 3.05) is 12.0 Å². The van der Waals surface area contributed by atoms with E-state index in [0.717, 1.165) is 11.1 Å². The molecule has 29 heavy (non-hydrogen) atoms. The Bertz CT molecular complexity index is 1040. The second-order valence-electron chi connectivity index (χ2n) is 6.52. The summed E-state index contributed by atoms with van der Waals surface area (Å²) in [5, 5.41) is 2.26. The minimum absolute atomic E-state index is 0.0277. The lowest BCUT2D eigenvalue weighted by Gasteiger charge is -2.20. The van der Waals surface area contributed by atoms with Crippen LogP contribution in [0.2, 0.25) is 0 Å². The lowest BCUT2D eigenvalue weighted by atomic mass is 10.1. The van der Waals surface area contributed by atoms with Gasteiger partial charge in [0.2, 0.25) is 5.91 Å². The molecule has 0 aliphatic heterocycles. The Morgan fingerprint density at radius 1 is 1.10 bits per heavy atom. The third-order valence-electron chi connectivity index (χ3n) is 4.47. The van der Waals surface area contributed by atoms with E-state index in [1.165, 1.54) is 23.2 Å². The van der Waals surface area contributed by atoms with Crippen LogP contribution in [-0.4, -0.2) is 24.0 Å². The van der Waals surface area contributed by atoms with E-state index in [-0.39, 0.29) is 12.5 Å². The summed E-state index contributed by atoms with van der Waals surface area (Å²) in [6.07, 6.45) is 0. The van der Waals surface area contributed by atoms with Gasteiger partial charge in [-0.2, -0.15) is 0 Å². The quantitative estimate of drug-likeness (QED) is 0.546. The minimum atomic E-state index is -0.407. The number of aromatic nitrogens is 1. The Balaban J connectivity index is 1.76. The van der Waals surface area contributed by atoms with Gasteiger partial charge < -0.3 is 9.47 Å². The zero-order valence-corrected chi connectivity index (χ0v) is 17.6. The van der Waals surface area contributed by atoms with E-state index in [1.54, 1.807) is 30.7 Å². The Morgan fingerprint density at radius 3 is 2.55 bits per heavy atom. The van der Waals surface area contributed by atoms with Crippen LogP contribution in [0.4, 0.5) is 10.8 Å². The molecule has 0 saturated carbocycles. The van der Waals surface area contributed by atoms with Gasteiger partial charge in [-0.1, -0.05) is 18.2 Å². The van der Waals surface area contributed by atoms with Crippen LogP contribution >= 0.6 is 11.3 Å². The molecular weight excluding hydrogens is 388 g/mol. The van der Waals surface area contributed by atoms with Gasteiger partial charge in [0, 0.05) is 12.3 Å². The number of aryl methyl sites for hydroxylation is 2. The summed E-state index contributed by atoms with van der Waals surface area (Å²) in [5.41, 5.74) is 3.83. The van der Waals surface area contributed by atoms with Crippen LogP contribution in [-0.2, 0) is 16.1 Å². The Kier molecular flexibility index (Phi) is 6.29. The van der Waals surface area contributed by atoms with Gasteiger partial charge in [-0.25, -0.2) is 9.78 Å². The molecule has 150 valence electrons. The summed E-state index contributed by atoms with van der Waals surface area (Å²) >= 11 is 1.30. The van der Waals surface area contributed by atoms with E-state index in [9.17, 15) is 9.59 Å². The van der Waals surface area contributed by atoms with Crippen molar-refractivity contribution in [1.29, 1.82) is 0 Å². The predicted octanol–water partition coefficient (Wildman–Crippen LogP) is 4.81. The summed E-state index contributed by atoms with van der Waals surface area (Å²) < 4.78 is 10.8. The average Bonchev–Trinajstić information content (AvgIpc) is 3.17. The van der Waals surface area contributed by atoms with Gasteiger partial charge in [0.25, 0.3) is 0 Å². The van der Waals surface area contributed by atoms with Crippen molar-refractivity contribution in [3.05, 3.63) is 70.2 Å². The molecule has 2 aromatic carbocycles. The van der Waals surface area contributed by atoms with Gasteiger partial charge in [-0.05, 0) is 49.2 Å².